The van der Waals surface area contributed by atoms with Crippen LogP contribution in [0.5, 0.6) is 0 Å². The van der Waals surface area contributed by atoms with E-state index in [0.717, 1.165) is 0 Å². The van der Waals surface area contributed by atoms with Gasteiger partial charge in [-0.3, -0.25) is 9.59 Å². The van der Waals surface area contributed by atoms with E-state index >= 15 is 0 Å². The molecule has 0 saturated heterocycles. The summed E-state index contributed by atoms with van der Waals surface area (Å²) in [5.74, 6) is -1.67. The maximum atomic E-state index is 10.0. The Labute approximate surface area is 89.4 Å². The normalized spacial score (nSPS) is 9.54. The van der Waals surface area contributed by atoms with Crippen LogP contribution in [0.2, 0.25) is 0 Å². The van der Waals surface area contributed by atoms with Crippen LogP contribution in [0.4, 0.5) is 0 Å². The molecule has 0 aliphatic heterocycles. The number of carboxylic acids is 2. The second-order valence-corrected chi connectivity index (χ2v) is 2.34. The quantitative estimate of drug-likeness (QED) is 0.539. The van der Waals surface area contributed by atoms with E-state index in [2.05, 4.69) is 0 Å². The third-order valence-corrected chi connectivity index (χ3v) is 1.22. The van der Waals surface area contributed by atoms with Crippen molar-refractivity contribution in [3.8, 4) is 0 Å². The summed E-state index contributed by atoms with van der Waals surface area (Å²) in [7, 11) is 0. The van der Waals surface area contributed by atoms with Crippen LogP contribution in [0.15, 0.2) is 12.2 Å². The molecular formula is C8H12O4Zn. The fourth-order valence-corrected chi connectivity index (χ4v) is 0.649. The van der Waals surface area contributed by atoms with Gasteiger partial charge in [0, 0.05) is 32.3 Å². The summed E-state index contributed by atoms with van der Waals surface area (Å²) in [6.45, 7) is 0. The van der Waals surface area contributed by atoms with E-state index in [4.69, 9.17) is 10.2 Å². The van der Waals surface area contributed by atoms with Gasteiger partial charge in [-0.1, -0.05) is 12.2 Å². The van der Waals surface area contributed by atoms with Gasteiger partial charge in [-0.2, -0.15) is 0 Å². The van der Waals surface area contributed by atoms with Crippen molar-refractivity contribution in [2.24, 2.45) is 0 Å². The molecule has 0 aromatic rings. The van der Waals surface area contributed by atoms with Gasteiger partial charge in [0.2, 0.25) is 0 Å². The molecule has 0 spiro atoms. The molecule has 70 valence electrons. The zero-order chi connectivity index (χ0) is 9.40. The molecule has 0 unspecified atom stereocenters. The van der Waals surface area contributed by atoms with Gasteiger partial charge in [-0.05, 0) is 12.8 Å². The van der Waals surface area contributed by atoms with E-state index in [9.17, 15) is 9.59 Å². The number of hydrogen-bond acceptors (Lipinski definition) is 2. The van der Waals surface area contributed by atoms with Crippen molar-refractivity contribution in [2.75, 3.05) is 0 Å². The van der Waals surface area contributed by atoms with E-state index in [1.54, 1.807) is 12.2 Å². The minimum atomic E-state index is -0.835. The molecular weight excluding hydrogens is 225 g/mol. The Morgan fingerprint density at radius 2 is 1.23 bits per heavy atom. The average Bonchev–Trinajstić information content (AvgIpc) is 1.95. The minimum absolute atomic E-state index is 0. The van der Waals surface area contributed by atoms with E-state index < -0.39 is 11.9 Å². The van der Waals surface area contributed by atoms with Crippen LogP contribution >= 0.6 is 0 Å². The summed E-state index contributed by atoms with van der Waals surface area (Å²) >= 11 is 0. The van der Waals surface area contributed by atoms with Crippen LogP contribution in [0.3, 0.4) is 0 Å². The van der Waals surface area contributed by atoms with Gasteiger partial charge >= 0.3 is 11.9 Å². The van der Waals surface area contributed by atoms with Gasteiger partial charge in [0.05, 0.1) is 0 Å². The van der Waals surface area contributed by atoms with E-state index in [1.807, 2.05) is 0 Å². The number of rotatable bonds is 6. The van der Waals surface area contributed by atoms with Crippen LogP contribution in [-0.4, -0.2) is 22.2 Å². The summed E-state index contributed by atoms with van der Waals surface area (Å²) in [5, 5.41) is 16.5. The Hall–Kier alpha value is -0.697. The van der Waals surface area contributed by atoms with Crippen LogP contribution in [0.1, 0.15) is 25.7 Å². The van der Waals surface area contributed by atoms with Gasteiger partial charge < -0.3 is 10.2 Å². The maximum absolute atomic E-state index is 10.0. The van der Waals surface area contributed by atoms with Crippen molar-refractivity contribution in [1.29, 1.82) is 0 Å². The number of hydrogen-bond donors (Lipinski definition) is 2. The summed E-state index contributed by atoms with van der Waals surface area (Å²) in [6.07, 6.45) is 4.52. The summed E-state index contributed by atoms with van der Waals surface area (Å²) in [4.78, 5) is 20.0. The molecule has 0 fully saturated rings. The second-order valence-electron chi connectivity index (χ2n) is 2.34. The predicted molar refractivity (Wildman–Crippen MR) is 42.9 cm³/mol. The maximum Gasteiger partial charge on any atom is 0.303 e. The number of allylic oxidation sites excluding steroid dienone is 2. The monoisotopic (exact) mass is 236 g/mol. The SMILES string of the molecule is O=C(O)CC/C=C/CCC(=O)O.[Zn]. The van der Waals surface area contributed by atoms with Crippen molar-refractivity contribution in [3.63, 3.8) is 0 Å². The zero-order valence-electron chi connectivity index (χ0n) is 7.40. The Balaban J connectivity index is 0. The summed E-state index contributed by atoms with van der Waals surface area (Å²) < 4.78 is 0. The Kier molecular flexibility index (Phi) is 10.7. The van der Waals surface area contributed by atoms with Crippen molar-refractivity contribution < 1.29 is 39.3 Å². The smallest absolute Gasteiger partial charge is 0.303 e. The average molecular weight is 238 g/mol. The second kappa shape index (κ2) is 9.39. The van der Waals surface area contributed by atoms with Crippen molar-refractivity contribution >= 4 is 11.9 Å². The van der Waals surface area contributed by atoms with Crippen LogP contribution in [0.25, 0.3) is 0 Å². The third kappa shape index (κ3) is 14.2. The molecule has 5 heteroatoms. The topological polar surface area (TPSA) is 74.6 Å². The first kappa shape index (κ1) is 14.8. The first-order valence-electron chi connectivity index (χ1n) is 3.71. The van der Waals surface area contributed by atoms with Crippen LogP contribution in [0, 0.1) is 0 Å². The molecule has 0 heterocycles. The van der Waals surface area contributed by atoms with Crippen molar-refractivity contribution in [1.82, 2.24) is 0 Å². The van der Waals surface area contributed by atoms with Crippen molar-refractivity contribution in [3.05, 3.63) is 12.2 Å². The van der Waals surface area contributed by atoms with Crippen LogP contribution < -0.4 is 0 Å². The van der Waals surface area contributed by atoms with Gasteiger partial charge in [-0.15, -0.1) is 0 Å². The largest absolute Gasteiger partial charge is 0.481 e. The summed E-state index contributed by atoms with van der Waals surface area (Å²) in [6, 6.07) is 0. The molecule has 0 radical (unpaired) electrons. The molecule has 0 aliphatic rings. The Bertz CT molecular complexity index is 169. The molecule has 0 bridgehead atoms. The van der Waals surface area contributed by atoms with Gasteiger partial charge in [-0.25, -0.2) is 0 Å². The van der Waals surface area contributed by atoms with Gasteiger partial charge in [0.25, 0.3) is 0 Å². The molecule has 4 nitrogen and oxygen atoms in total. The predicted octanol–water partition coefficient (Wildman–Crippen LogP) is 1.27. The first-order chi connectivity index (χ1) is 5.63. The fourth-order valence-electron chi connectivity index (χ4n) is 0.649. The van der Waals surface area contributed by atoms with Gasteiger partial charge in [0.1, 0.15) is 0 Å². The number of carboxylic acid groups (broad SMARTS) is 2. The van der Waals surface area contributed by atoms with E-state index in [0.29, 0.717) is 12.8 Å². The molecule has 0 aliphatic carbocycles. The molecule has 0 aromatic heterocycles. The van der Waals surface area contributed by atoms with Crippen LogP contribution in [-0.2, 0) is 29.1 Å². The molecule has 13 heavy (non-hydrogen) atoms. The Morgan fingerprint density at radius 3 is 1.46 bits per heavy atom. The number of aliphatic carboxylic acids is 2. The van der Waals surface area contributed by atoms with E-state index in [1.165, 1.54) is 0 Å². The number of carbonyl (C=O) groups is 2. The first-order valence-corrected chi connectivity index (χ1v) is 3.71. The molecule has 0 aromatic carbocycles. The molecule has 0 amide bonds. The fraction of sp³-hybridized carbons (Fsp3) is 0.500. The third-order valence-electron chi connectivity index (χ3n) is 1.22. The molecule has 0 rings (SSSR count). The Morgan fingerprint density at radius 1 is 0.923 bits per heavy atom. The molecule has 2 N–H and O–H groups in total. The minimum Gasteiger partial charge on any atom is -0.481 e. The molecule has 0 atom stereocenters. The van der Waals surface area contributed by atoms with Gasteiger partial charge in [0.15, 0.2) is 0 Å². The zero-order valence-corrected chi connectivity index (χ0v) is 10.4. The van der Waals surface area contributed by atoms with Crippen molar-refractivity contribution in [2.45, 2.75) is 25.7 Å². The molecule has 0 saturated carbocycles. The summed E-state index contributed by atoms with van der Waals surface area (Å²) in [5.41, 5.74) is 0. The van der Waals surface area contributed by atoms with E-state index in [-0.39, 0.29) is 32.3 Å². The standard InChI is InChI=1S/C8H12O4.Zn/c9-7(10)5-3-1-2-4-6-8(11)12;/h1-2H,3-6H2,(H,9,10)(H,11,12);/b2-1+;.